The fourth-order valence-electron chi connectivity index (χ4n) is 2.35. The zero-order valence-electron chi connectivity index (χ0n) is 12.3. The molecule has 1 saturated heterocycles. The maximum Gasteiger partial charge on any atom is 0.240 e. The fraction of sp³-hybridized carbons (Fsp3) is 0.846. The first-order valence-corrected chi connectivity index (χ1v) is 6.79. The quantitative estimate of drug-likeness (QED) is 0.885. The van der Waals surface area contributed by atoms with Crippen LogP contribution in [0.1, 0.15) is 38.6 Å². The zero-order chi connectivity index (χ0) is 13.9. The monoisotopic (exact) mass is 268 g/mol. The molecule has 1 aliphatic rings. The van der Waals surface area contributed by atoms with Crippen LogP contribution in [0.3, 0.4) is 0 Å². The van der Waals surface area contributed by atoms with Crippen LogP contribution in [-0.2, 0) is 11.3 Å². The first-order chi connectivity index (χ1) is 9.00. The molecule has 6 heteroatoms. The van der Waals surface area contributed by atoms with Gasteiger partial charge in [-0.1, -0.05) is 25.9 Å². The van der Waals surface area contributed by atoms with Crippen molar-refractivity contribution in [3.8, 4) is 0 Å². The van der Waals surface area contributed by atoms with Crippen LogP contribution in [0.5, 0.6) is 0 Å². The van der Waals surface area contributed by atoms with Gasteiger partial charge in [0.05, 0.1) is 6.54 Å². The van der Waals surface area contributed by atoms with E-state index in [9.17, 15) is 0 Å². The number of ether oxygens (including phenoxy) is 1. The van der Waals surface area contributed by atoms with E-state index >= 15 is 0 Å². The summed E-state index contributed by atoms with van der Waals surface area (Å²) in [5.41, 5.74) is -0.0507. The Labute approximate surface area is 114 Å². The molecule has 2 rings (SSSR count). The highest BCUT2D eigenvalue weighted by Gasteiger charge is 2.30. The first-order valence-electron chi connectivity index (χ1n) is 6.79. The van der Waals surface area contributed by atoms with Crippen molar-refractivity contribution in [1.82, 2.24) is 20.4 Å². The molecule has 6 nitrogen and oxygen atoms in total. The van der Waals surface area contributed by atoms with Gasteiger partial charge in [-0.05, 0) is 5.41 Å². The number of hydrogen-bond donors (Lipinski definition) is 1. The molecular weight excluding hydrogens is 244 g/mol. The zero-order valence-corrected chi connectivity index (χ0v) is 12.3. The van der Waals surface area contributed by atoms with E-state index in [1.165, 1.54) is 0 Å². The Morgan fingerprint density at radius 2 is 2.05 bits per heavy atom. The second kappa shape index (κ2) is 5.98. The number of rotatable bonds is 4. The average molecular weight is 268 g/mol. The summed E-state index contributed by atoms with van der Waals surface area (Å²) in [5, 5.41) is 7.39. The number of piperazine rings is 1. The van der Waals surface area contributed by atoms with E-state index < -0.39 is 0 Å². The highest BCUT2D eigenvalue weighted by molar-refractivity contribution is 4.96. The van der Waals surface area contributed by atoms with Gasteiger partial charge in [0.15, 0.2) is 0 Å². The highest BCUT2D eigenvalue weighted by Crippen LogP contribution is 2.33. The van der Waals surface area contributed by atoms with Crippen LogP contribution in [0.4, 0.5) is 0 Å². The van der Waals surface area contributed by atoms with E-state index in [-0.39, 0.29) is 11.5 Å². The first kappa shape index (κ1) is 14.4. The lowest BCUT2D eigenvalue weighted by molar-refractivity contribution is 0.00718. The average Bonchev–Trinajstić information content (AvgIpc) is 2.77. The molecular formula is C13H24N4O2. The second-order valence-electron chi connectivity index (χ2n) is 6.05. The van der Waals surface area contributed by atoms with Gasteiger partial charge < -0.3 is 14.6 Å². The van der Waals surface area contributed by atoms with Gasteiger partial charge in [0.1, 0.15) is 6.10 Å². The third kappa shape index (κ3) is 3.75. The third-order valence-electron chi connectivity index (χ3n) is 3.31. The lowest BCUT2D eigenvalue weighted by atomic mass is 9.88. The van der Waals surface area contributed by atoms with E-state index in [1.54, 1.807) is 7.11 Å². The minimum Gasteiger partial charge on any atom is -0.373 e. The fourth-order valence-corrected chi connectivity index (χ4v) is 2.35. The molecule has 0 saturated carbocycles. The van der Waals surface area contributed by atoms with Crippen molar-refractivity contribution in [3.63, 3.8) is 0 Å². The molecule has 1 fully saturated rings. The maximum absolute atomic E-state index is 5.50. The van der Waals surface area contributed by atoms with Crippen LogP contribution >= 0.6 is 0 Å². The predicted molar refractivity (Wildman–Crippen MR) is 71.6 cm³/mol. The smallest absolute Gasteiger partial charge is 0.240 e. The largest absolute Gasteiger partial charge is 0.373 e. The van der Waals surface area contributed by atoms with Crippen molar-refractivity contribution in [3.05, 3.63) is 11.7 Å². The van der Waals surface area contributed by atoms with Crippen LogP contribution in [0.25, 0.3) is 0 Å². The van der Waals surface area contributed by atoms with Crippen LogP contribution in [0.15, 0.2) is 4.52 Å². The molecule has 0 aromatic carbocycles. The molecule has 0 amide bonds. The van der Waals surface area contributed by atoms with Crippen LogP contribution in [0, 0.1) is 5.41 Å². The molecule has 0 radical (unpaired) electrons. The minimum absolute atomic E-state index is 0.0507. The highest BCUT2D eigenvalue weighted by atomic mass is 16.5. The molecule has 0 bridgehead atoms. The Morgan fingerprint density at radius 1 is 1.37 bits per heavy atom. The lowest BCUT2D eigenvalue weighted by Crippen LogP contribution is -2.42. The van der Waals surface area contributed by atoms with E-state index in [0.29, 0.717) is 11.7 Å². The molecule has 1 aromatic rings. The standard InChI is InChI=1S/C13H24N4O2/c1-13(2,3)11(18-4)12-15-10(19-16-12)9-17-7-5-14-6-8-17/h11,14H,5-9H2,1-4H3. The summed E-state index contributed by atoms with van der Waals surface area (Å²) < 4.78 is 10.8. The van der Waals surface area contributed by atoms with E-state index in [1.807, 2.05) is 0 Å². The van der Waals surface area contributed by atoms with E-state index in [2.05, 4.69) is 41.1 Å². The molecule has 0 spiro atoms. The molecule has 2 heterocycles. The summed E-state index contributed by atoms with van der Waals surface area (Å²) in [6, 6.07) is 0. The summed E-state index contributed by atoms with van der Waals surface area (Å²) >= 11 is 0. The maximum atomic E-state index is 5.50. The predicted octanol–water partition coefficient (Wildman–Crippen LogP) is 1.21. The van der Waals surface area contributed by atoms with Crippen LogP contribution < -0.4 is 5.32 Å². The Balaban J connectivity index is 2.01. The number of aromatic nitrogens is 2. The topological polar surface area (TPSA) is 63.4 Å². The Bertz CT molecular complexity index is 394. The van der Waals surface area contributed by atoms with Crippen LogP contribution in [-0.4, -0.2) is 48.3 Å². The minimum atomic E-state index is -0.145. The SMILES string of the molecule is COC(c1noc(CN2CCNCC2)n1)C(C)(C)C. The van der Waals surface area contributed by atoms with Gasteiger partial charge in [-0.3, -0.25) is 4.90 Å². The number of hydrogen-bond acceptors (Lipinski definition) is 6. The Hall–Kier alpha value is -0.980. The Morgan fingerprint density at radius 3 is 2.63 bits per heavy atom. The summed E-state index contributed by atoms with van der Waals surface area (Å²) in [4.78, 5) is 6.79. The molecule has 0 aliphatic carbocycles. The molecule has 1 unspecified atom stereocenters. The number of methoxy groups -OCH3 is 1. The van der Waals surface area contributed by atoms with Gasteiger partial charge in [0.25, 0.3) is 0 Å². The number of nitrogens with zero attached hydrogens (tertiary/aromatic N) is 3. The van der Waals surface area contributed by atoms with Gasteiger partial charge >= 0.3 is 0 Å². The molecule has 108 valence electrons. The second-order valence-corrected chi connectivity index (χ2v) is 6.05. The summed E-state index contributed by atoms with van der Waals surface area (Å²) in [6.45, 7) is 11.1. The van der Waals surface area contributed by atoms with Crippen LogP contribution in [0.2, 0.25) is 0 Å². The molecule has 19 heavy (non-hydrogen) atoms. The number of nitrogens with one attached hydrogen (secondary N) is 1. The van der Waals surface area contributed by atoms with Gasteiger partial charge in [-0.15, -0.1) is 0 Å². The van der Waals surface area contributed by atoms with Gasteiger partial charge in [-0.25, -0.2) is 0 Å². The van der Waals surface area contributed by atoms with Crippen molar-refractivity contribution < 1.29 is 9.26 Å². The van der Waals surface area contributed by atoms with Crippen molar-refractivity contribution in [1.29, 1.82) is 0 Å². The summed E-state index contributed by atoms with van der Waals surface area (Å²) in [6.07, 6.45) is -0.145. The van der Waals surface area contributed by atoms with Gasteiger partial charge in [-0.2, -0.15) is 4.98 Å². The van der Waals surface area contributed by atoms with E-state index in [4.69, 9.17) is 9.26 Å². The van der Waals surface area contributed by atoms with Gasteiger partial charge in [0, 0.05) is 33.3 Å². The van der Waals surface area contributed by atoms with Gasteiger partial charge in [0.2, 0.25) is 11.7 Å². The third-order valence-corrected chi connectivity index (χ3v) is 3.31. The van der Waals surface area contributed by atoms with Crippen molar-refractivity contribution in [2.24, 2.45) is 5.41 Å². The molecule has 1 aromatic heterocycles. The van der Waals surface area contributed by atoms with Crippen molar-refractivity contribution >= 4 is 0 Å². The summed E-state index contributed by atoms with van der Waals surface area (Å²) in [5.74, 6) is 1.31. The Kier molecular flexibility index (Phi) is 4.54. The molecule has 1 aliphatic heterocycles. The summed E-state index contributed by atoms with van der Waals surface area (Å²) in [7, 11) is 1.68. The van der Waals surface area contributed by atoms with Crippen molar-refractivity contribution in [2.45, 2.75) is 33.4 Å². The van der Waals surface area contributed by atoms with E-state index in [0.717, 1.165) is 32.7 Å². The molecule has 1 N–H and O–H groups in total. The molecule has 1 atom stereocenters. The lowest BCUT2D eigenvalue weighted by Gasteiger charge is -2.26. The normalized spacial score (nSPS) is 19.6. The van der Waals surface area contributed by atoms with Crippen molar-refractivity contribution in [2.75, 3.05) is 33.3 Å².